The van der Waals surface area contributed by atoms with Gasteiger partial charge in [-0.15, -0.1) is 10.2 Å². The van der Waals surface area contributed by atoms with Gasteiger partial charge in [-0.3, -0.25) is 4.79 Å². The Labute approximate surface area is 123 Å². The lowest BCUT2D eigenvalue weighted by Crippen LogP contribution is -2.31. The topological polar surface area (TPSA) is 98.1 Å². The number of benzene rings is 1. The third kappa shape index (κ3) is 3.47. The third-order valence-electron chi connectivity index (χ3n) is 3.22. The quantitative estimate of drug-likeness (QED) is 0.813. The molecule has 0 radical (unpaired) electrons. The minimum Gasteiger partial charge on any atom is -0.398 e. The number of carbonyl (C=O) groups is 1. The predicted molar refractivity (Wildman–Crippen MR) is 82.7 cm³/mol. The van der Waals surface area contributed by atoms with Gasteiger partial charge in [0.15, 0.2) is 11.5 Å². The first-order valence-corrected chi connectivity index (χ1v) is 6.72. The normalized spacial score (nSPS) is 10.6. The fraction of sp³-hybridized carbons (Fsp3) is 0.267. The van der Waals surface area contributed by atoms with Crippen molar-refractivity contribution in [3.63, 3.8) is 0 Å². The Balaban J connectivity index is 2.27. The molecule has 6 heteroatoms. The Morgan fingerprint density at radius 2 is 1.90 bits per heavy atom. The lowest BCUT2D eigenvalue weighted by Gasteiger charge is -2.28. The Kier molecular flexibility index (Phi) is 4.37. The number of aromatic nitrogens is 2. The fourth-order valence-corrected chi connectivity index (χ4v) is 2.00. The summed E-state index contributed by atoms with van der Waals surface area (Å²) in [4.78, 5) is 13.1. The van der Waals surface area contributed by atoms with E-state index in [0.717, 1.165) is 11.3 Å². The molecule has 0 aliphatic heterocycles. The van der Waals surface area contributed by atoms with Crippen molar-refractivity contribution in [1.82, 2.24) is 10.2 Å². The molecule has 2 rings (SSSR count). The summed E-state index contributed by atoms with van der Waals surface area (Å²) in [5.41, 5.74) is 13.1. The van der Waals surface area contributed by atoms with Gasteiger partial charge in [0.05, 0.1) is 0 Å². The third-order valence-corrected chi connectivity index (χ3v) is 3.22. The van der Waals surface area contributed by atoms with Crippen LogP contribution in [0.1, 0.15) is 29.9 Å². The Bertz CT molecular complexity index is 624. The lowest BCUT2D eigenvalue weighted by atomic mass is 10.1. The molecular weight excluding hydrogens is 266 g/mol. The molecule has 0 bridgehead atoms. The Morgan fingerprint density at radius 1 is 1.19 bits per heavy atom. The molecule has 0 atom stereocenters. The highest BCUT2D eigenvalue weighted by Crippen LogP contribution is 2.20. The van der Waals surface area contributed by atoms with Crippen molar-refractivity contribution >= 4 is 17.4 Å². The van der Waals surface area contributed by atoms with Crippen molar-refractivity contribution in [2.75, 3.05) is 10.6 Å². The van der Waals surface area contributed by atoms with E-state index in [4.69, 9.17) is 11.5 Å². The van der Waals surface area contributed by atoms with Gasteiger partial charge >= 0.3 is 0 Å². The lowest BCUT2D eigenvalue weighted by molar-refractivity contribution is 0.0994. The number of hydrogen-bond acceptors (Lipinski definition) is 5. The van der Waals surface area contributed by atoms with Crippen LogP contribution < -0.4 is 16.4 Å². The Hall–Kier alpha value is -2.63. The van der Waals surface area contributed by atoms with Crippen LogP contribution in [0.5, 0.6) is 0 Å². The average Bonchev–Trinajstić information content (AvgIpc) is 2.46. The number of nitrogens with two attached hydrogens (primary N) is 2. The maximum Gasteiger partial charge on any atom is 0.269 e. The highest BCUT2D eigenvalue weighted by molar-refractivity contribution is 5.90. The van der Waals surface area contributed by atoms with Gasteiger partial charge in [0.1, 0.15) is 0 Å². The number of primary amides is 1. The van der Waals surface area contributed by atoms with E-state index >= 15 is 0 Å². The maximum atomic E-state index is 11.0. The standard InChI is InChI=1S/C15H19N5O/c1-10(2)20(9-11-5-3-4-6-12(11)16)14-8-7-13(15(17)21)18-19-14/h3-8,10H,9,16H2,1-2H3,(H2,17,21). The molecule has 0 saturated carbocycles. The van der Waals surface area contributed by atoms with Gasteiger partial charge in [-0.2, -0.15) is 0 Å². The summed E-state index contributed by atoms with van der Waals surface area (Å²) in [6.45, 7) is 4.74. The van der Waals surface area contributed by atoms with Gasteiger partial charge in [0.2, 0.25) is 0 Å². The molecule has 0 spiro atoms. The van der Waals surface area contributed by atoms with Crippen LogP contribution in [0.15, 0.2) is 36.4 Å². The molecule has 0 saturated heterocycles. The first kappa shape index (κ1) is 14.8. The van der Waals surface area contributed by atoms with Crippen LogP contribution in [-0.2, 0) is 6.54 Å². The number of anilines is 2. The van der Waals surface area contributed by atoms with Crippen LogP contribution in [0.3, 0.4) is 0 Å². The number of nitrogen functional groups attached to an aromatic ring is 1. The van der Waals surface area contributed by atoms with Gasteiger partial charge in [-0.1, -0.05) is 18.2 Å². The molecule has 1 aromatic heterocycles. The van der Waals surface area contributed by atoms with E-state index in [1.807, 2.05) is 24.3 Å². The molecule has 0 aliphatic carbocycles. The molecule has 4 N–H and O–H groups in total. The van der Waals surface area contributed by atoms with Gasteiger partial charge in [0, 0.05) is 18.3 Å². The molecule has 2 aromatic rings. The number of rotatable bonds is 5. The van der Waals surface area contributed by atoms with Crippen molar-refractivity contribution < 1.29 is 4.79 Å². The predicted octanol–water partition coefficient (Wildman–Crippen LogP) is 1.57. The van der Waals surface area contributed by atoms with Crippen LogP contribution in [0, 0.1) is 0 Å². The smallest absolute Gasteiger partial charge is 0.269 e. The zero-order valence-electron chi connectivity index (χ0n) is 12.2. The second kappa shape index (κ2) is 6.21. The Morgan fingerprint density at radius 3 is 2.43 bits per heavy atom. The number of nitrogens with zero attached hydrogens (tertiary/aromatic N) is 3. The minimum atomic E-state index is -0.586. The fourth-order valence-electron chi connectivity index (χ4n) is 2.00. The first-order chi connectivity index (χ1) is 9.99. The first-order valence-electron chi connectivity index (χ1n) is 6.72. The summed E-state index contributed by atoms with van der Waals surface area (Å²) < 4.78 is 0. The zero-order valence-corrected chi connectivity index (χ0v) is 12.2. The molecule has 0 aliphatic rings. The van der Waals surface area contributed by atoms with E-state index in [2.05, 4.69) is 28.9 Å². The highest BCUT2D eigenvalue weighted by atomic mass is 16.1. The van der Waals surface area contributed by atoms with Gasteiger partial charge in [0.25, 0.3) is 5.91 Å². The molecule has 1 amide bonds. The van der Waals surface area contributed by atoms with Crippen molar-refractivity contribution in [3.05, 3.63) is 47.7 Å². The molecule has 21 heavy (non-hydrogen) atoms. The number of carbonyl (C=O) groups excluding carboxylic acids is 1. The summed E-state index contributed by atoms with van der Waals surface area (Å²) >= 11 is 0. The average molecular weight is 285 g/mol. The van der Waals surface area contributed by atoms with Gasteiger partial charge in [-0.05, 0) is 37.6 Å². The molecule has 110 valence electrons. The van der Waals surface area contributed by atoms with Gasteiger partial charge in [-0.25, -0.2) is 0 Å². The maximum absolute atomic E-state index is 11.0. The summed E-state index contributed by atoms with van der Waals surface area (Å²) in [5, 5.41) is 7.93. The van der Waals surface area contributed by atoms with Crippen molar-refractivity contribution in [3.8, 4) is 0 Å². The summed E-state index contributed by atoms with van der Waals surface area (Å²) in [5.74, 6) is 0.0932. The van der Waals surface area contributed by atoms with Crippen LogP contribution in [0.25, 0.3) is 0 Å². The number of para-hydroxylation sites is 1. The monoisotopic (exact) mass is 285 g/mol. The van der Waals surface area contributed by atoms with E-state index in [9.17, 15) is 4.79 Å². The van der Waals surface area contributed by atoms with Crippen molar-refractivity contribution in [1.29, 1.82) is 0 Å². The summed E-state index contributed by atoms with van der Waals surface area (Å²) in [7, 11) is 0. The van der Waals surface area contributed by atoms with E-state index in [0.29, 0.717) is 12.4 Å². The molecule has 1 aromatic carbocycles. The van der Waals surface area contributed by atoms with Crippen molar-refractivity contribution in [2.24, 2.45) is 5.73 Å². The molecular formula is C15H19N5O. The van der Waals surface area contributed by atoms with Crippen LogP contribution >= 0.6 is 0 Å². The molecule has 0 fully saturated rings. The minimum absolute atomic E-state index is 0.154. The largest absolute Gasteiger partial charge is 0.398 e. The van der Waals surface area contributed by atoms with E-state index < -0.39 is 5.91 Å². The SMILES string of the molecule is CC(C)N(Cc1ccccc1N)c1ccc(C(N)=O)nn1. The van der Waals surface area contributed by atoms with E-state index in [1.165, 1.54) is 0 Å². The van der Waals surface area contributed by atoms with Crippen LogP contribution in [0.4, 0.5) is 11.5 Å². The van der Waals surface area contributed by atoms with Crippen LogP contribution in [-0.4, -0.2) is 22.1 Å². The summed E-state index contributed by atoms with van der Waals surface area (Å²) in [6, 6.07) is 11.2. The second-order valence-electron chi connectivity index (χ2n) is 5.06. The second-order valence-corrected chi connectivity index (χ2v) is 5.06. The van der Waals surface area contributed by atoms with Gasteiger partial charge < -0.3 is 16.4 Å². The zero-order chi connectivity index (χ0) is 15.4. The summed E-state index contributed by atoms with van der Waals surface area (Å²) in [6.07, 6.45) is 0. The number of amides is 1. The van der Waals surface area contributed by atoms with E-state index in [-0.39, 0.29) is 11.7 Å². The van der Waals surface area contributed by atoms with Crippen molar-refractivity contribution in [2.45, 2.75) is 26.4 Å². The molecule has 0 unspecified atom stereocenters. The number of hydrogen-bond donors (Lipinski definition) is 2. The highest BCUT2D eigenvalue weighted by Gasteiger charge is 2.15. The van der Waals surface area contributed by atoms with Crippen LogP contribution in [0.2, 0.25) is 0 Å². The van der Waals surface area contributed by atoms with E-state index in [1.54, 1.807) is 12.1 Å². The molecule has 6 nitrogen and oxygen atoms in total. The molecule has 1 heterocycles.